The molecule has 0 aliphatic heterocycles. The number of nitrogens with zero attached hydrogens (tertiary/aromatic N) is 2. The van der Waals surface area contributed by atoms with Gasteiger partial charge >= 0.3 is 0 Å². The fourth-order valence-corrected chi connectivity index (χ4v) is 0.897. The number of hydrogen-bond donors (Lipinski definition) is 2. The highest BCUT2D eigenvalue weighted by Crippen LogP contribution is 1.97. The molecule has 1 atom stereocenters. The third-order valence-corrected chi connectivity index (χ3v) is 1.95. The van der Waals surface area contributed by atoms with Crippen LogP contribution in [0.4, 0.5) is 0 Å². The number of hydrogen-bond acceptors (Lipinski definition) is 3. The van der Waals surface area contributed by atoms with Gasteiger partial charge in [0.25, 0.3) is 0 Å². The first-order valence-electron chi connectivity index (χ1n) is 4.38. The van der Waals surface area contributed by atoms with E-state index in [1.807, 2.05) is 0 Å². The molecule has 0 saturated heterocycles. The summed E-state index contributed by atoms with van der Waals surface area (Å²) < 4.78 is 0. The van der Waals surface area contributed by atoms with E-state index in [1.54, 1.807) is 0 Å². The van der Waals surface area contributed by atoms with E-state index in [-0.39, 0.29) is 0 Å². The van der Waals surface area contributed by atoms with Crippen molar-refractivity contribution in [3.63, 3.8) is 0 Å². The molecule has 4 heteroatoms. The largest absolute Gasteiger partial charge is 0.310 e. The van der Waals surface area contributed by atoms with Gasteiger partial charge in [0.1, 0.15) is 12.2 Å². The van der Waals surface area contributed by atoms with E-state index < -0.39 is 0 Å². The first-order valence-corrected chi connectivity index (χ1v) is 4.38. The second-order valence-electron chi connectivity index (χ2n) is 3.08. The van der Waals surface area contributed by atoms with Crippen molar-refractivity contribution >= 4 is 0 Å². The minimum Gasteiger partial charge on any atom is -0.310 e. The predicted molar refractivity (Wildman–Crippen MR) is 47.5 cm³/mol. The van der Waals surface area contributed by atoms with E-state index in [2.05, 4.69) is 34.3 Å². The summed E-state index contributed by atoms with van der Waals surface area (Å²) in [6.45, 7) is 6.25. The molecule has 0 aliphatic rings. The van der Waals surface area contributed by atoms with Crippen LogP contribution < -0.4 is 5.32 Å². The van der Waals surface area contributed by atoms with Gasteiger partial charge in [-0.1, -0.05) is 20.3 Å². The summed E-state index contributed by atoms with van der Waals surface area (Å²) in [6.07, 6.45) is 2.74. The van der Waals surface area contributed by atoms with E-state index in [0.717, 1.165) is 24.8 Å². The molecule has 1 unspecified atom stereocenters. The Morgan fingerprint density at radius 1 is 1.67 bits per heavy atom. The van der Waals surface area contributed by atoms with Gasteiger partial charge in [-0.2, -0.15) is 5.10 Å². The molecule has 0 saturated carbocycles. The summed E-state index contributed by atoms with van der Waals surface area (Å²) in [7, 11) is 0. The van der Waals surface area contributed by atoms with Gasteiger partial charge < -0.3 is 5.32 Å². The van der Waals surface area contributed by atoms with Gasteiger partial charge in [0.2, 0.25) is 0 Å². The summed E-state index contributed by atoms with van der Waals surface area (Å²) in [4.78, 5) is 4.01. The van der Waals surface area contributed by atoms with E-state index in [4.69, 9.17) is 0 Å². The molecule has 0 bridgehead atoms. The Labute approximate surface area is 72.8 Å². The quantitative estimate of drug-likeness (QED) is 0.688. The first kappa shape index (κ1) is 9.19. The molecule has 4 nitrogen and oxygen atoms in total. The molecule has 1 aromatic heterocycles. The monoisotopic (exact) mass is 168 g/mol. The van der Waals surface area contributed by atoms with Crippen LogP contribution in [0.2, 0.25) is 0 Å². The zero-order chi connectivity index (χ0) is 8.81. The van der Waals surface area contributed by atoms with Crippen molar-refractivity contribution in [1.29, 1.82) is 0 Å². The average Bonchev–Trinajstić information content (AvgIpc) is 2.57. The van der Waals surface area contributed by atoms with Crippen molar-refractivity contribution in [2.75, 3.05) is 6.54 Å². The normalized spacial score (nSPS) is 13.2. The van der Waals surface area contributed by atoms with Crippen LogP contribution in [0, 0.1) is 5.92 Å². The van der Waals surface area contributed by atoms with Crippen molar-refractivity contribution < 1.29 is 0 Å². The van der Waals surface area contributed by atoms with E-state index in [1.165, 1.54) is 12.7 Å². The van der Waals surface area contributed by atoms with Crippen molar-refractivity contribution in [1.82, 2.24) is 20.5 Å². The van der Waals surface area contributed by atoms with Gasteiger partial charge in [-0.05, 0) is 12.5 Å². The van der Waals surface area contributed by atoms with Crippen LogP contribution in [0.15, 0.2) is 6.33 Å². The van der Waals surface area contributed by atoms with Crippen LogP contribution in [0.3, 0.4) is 0 Å². The topological polar surface area (TPSA) is 53.6 Å². The van der Waals surface area contributed by atoms with Gasteiger partial charge in [-0.3, -0.25) is 5.10 Å². The molecular weight excluding hydrogens is 152 g/mol. The van der Waals surface area contributed by atoms with Gasteiger partial charge in [0, 0.05) is 0 Å². The Hall–Kier alpha value is -0.900. The number of nitrogens with one attached hydrogen (secondary N) is 2. The lowest BCUT2D eigenvalue weighted by atomic mass is 10.1. The molecule has 0 aromatic carbocycles. The minimum atomic E-state index is 0.730. The maximum Gasteiger partial charge on any atom is 0.138 e. The fourth-order valence-electron chi connectivity index (χ4n) is 0.897. The highest BCUT2D eigenvalue weighted by molar-refractivity contribution is 4.78. The van der Waals surface area contributed by atoms with Crippen LogP contribution in [0.1, 0.15) is 26.1 Å². The predicted octanol–water partition coefficient (Wildman–Crippen LogP) is 0.940. The van der Waals surface area contributed by atoms with Gasteiger partial charge in [-0.15, -0.1) is 0 Å². The molecule has 0 spiro atoms. The lowest BCUT2D eigenvalue weighted by Crippen LogP contribution is -2.20. The van der Waals surface area contributed by atoms with Crippen LogP contribution >= 0.6 is 0 Å². The lowest BCUT2D eigenvalue weighted by Gasteiger charge is -2.07. The van der Waals surface area contributed by atoms with Crippen molar-refractivity contribution in [3.8, 4) is 0 Å². The Bertz CT molecular complexity index is 195. The molecule has 0 aliphatic carbocycles. The molecule has 2 N–H and O–H groups in total. The molecule has 0 fully saturated rings. The van der Waals surface area contributed by atoms with Crippen molar-refractivity contribution in [3.05, 3.63) is 12.2 Å². The third-order valence-electron chi connectivity index (χ3n) is 1.95. The van der Waals surface area contributed by atoms with Crippen molar-refractivity contribution in [2.24, 2.45) is 5.92 Å². The minimum absolute atomic E-state index is 0.730. The maximum atomic E-state index is 4.01. The van der Waals surface area contributed by atoms with Crippen LogP contribution in [-0.2, 0) is 6.54 Å². The Balaban J connectivity index is 2.11. The van der Waals surface area contributed by atoms with Crippen LogP contribution in [0.25, 0.3) is 0 Å². The molecule has 0 amide bonds. The Kier molecular flexibility index (Phi) is 3.73. The molecule has 0 radical (unpaired) electrons. The third kappa shape index (κ3) is 3.00. The van der Waals surface area contributed by atoms with Gasteiger partial charge in [0.05, 0.1) is 6.54 Å². The molecule has 1 heterocycles. The van der Waals surface area contributed by atoms with Gasteiger partial charge in [0.15, 0.2) is 0 Å². The van der Waals surface area contributed by atoms with Crippen molar-refractivity contribution in [2.45, 2.75) is 26.8 Å². The number of rotatable bonds is 5. The second kappa shape index (κ2) is 4.87. The maximum absolute atomic E-state index is 4.01. The fraction of sp³-hybridized carbons (Fsp3) is 0.750. The summed E-state index contributed by atoms with van der Waals surface area (Å²) in [6, 6.07) is 0. The van der Waals surface area contributed by atoms with Crippen LogP contribution in [-0.4, -0.2) is 21.7 Å². The first-order chi connectivity index (χ1) is 5.83. The second-order valence-corrected chi connectivity index (χ2v) is 3.08. The van der Waals surface area contributed by atoms with E-state index in [0.29, 0.717) is 0 Å². The van der Waals surface area contributed by atoms with E-state index in [9.17, 15) is 0 Å². The zero-order valence-electron chi connectivity index (χ0n) is 7.67. The summed E-state index contributed by atoms with van der Waals surface area (Å²) in [5.41, 5.74) is 0. The lowest BCUT2D eigenvalue weighted by molar-refractivity contribution is 0.494. The highest BCUT2D eigenvalue weighted by Gasteiger charge is 1.98. The number of aromatic nitrogens is 3. The van der Waals surface area contributed by atoms with E-state index >= 15 is 0 Å². The molecule has 12 heavy (non-hydrogen) atoms. The molecule has 1 rings (SSSR count). The number of aromatic amines is 1. The van der Waals surface area contributed by atoms with Crippen LogP contribution in [0.5, 0.6) is 0 Å². The zero-order valence-corrected chi connectivity index (χ0v) is 7.67. The van der Waals surface area contributed by atoms with Gasteiger partial charge in [-0.25, -0.2) is 4.98 Å². The summed E-state index contributed by atoms with van der Waals surface area (Å²) in [5.74, 6) is 1.63. The summed E-state index contributed by atoms with van der Waals surface area (Å²) in [5, 5.41) is 9.87. The average molecular weight is 168 g/mol. The smallest absolute Gasteiger partial charge is 0.138 e. The highest BCUT2D eigenvalue weighted by atomic mass is 15.2. The molecular formula is C8H16N4. The SMILES string of the molecule is CCC(C)CNCc1ncn[nH]1. The number of H-pyrrole nitrogens is 1. The Morgan fingerprint density at radius 2 is 2.50 bits per heavy atom. The Morgan fingerprint density at radius 3 is 3.08 bits per heavy atom. The molecule has 68 valence electrons. The molecule has 1 aromatic rings. The summed E-state index contributed by atoms with van der Waals surface area (Å²) >= 11 is 0. The standard InChI is InChI=1S/C8H16N4/c1-3-7(2)4-9-5-8-10-6-11-12-8/h6-7,9H,3-5H2,1-2H3,(H,10,11,12).